The first-order valence-corrected chi connectivity index (χ1v) is 12.0. The molecule has 3 N–H and O–H groups in total. The molecule has 4 rings (SSSR count). The summed E-state index contributed by atoms with van der Waals surface area (Å²) in [7, 11) is 0. The minimum absolute atomic E-state index is 0.0599. The Bertz CT molecular complexity index is 1590. The number of anilines is 1. The van der Waals surface area contributed by atoms with Gasteiger partial charge in [-0.1, -0.05) is 13.3 Å². The van der Waals surface area contributed by atoms with Gasteiger partial charge in [-0.25, -0.2) is 28.2 Å². The molecule has 214 valence electrons. The van der Waals surface area contributed by atoms with Crippen molar-refractivity contribution in [1.29, 1.82) is 0 Å². The third kappa shape index (κ3) is 7.04. The molecule has 1 atom stereocenters. The molecule has 0 aliphatic rings. The van der Waals surface area contributed by atoms with Crippen LogP contribution in [0.25, 0.3) is 22.2 Å². The van der Waals surface area contributed by atoms with Crippen molar-refractivity contribution in [1.82, 2.24) is 24.7 Å². The maximum Gasteiger partial charge on any atom is 0.423 e. The van der Waals surface area contributed by atoms with Crippen molar-refractivity contribution in [3.63, 3.8) is 0 Å². The van der Waals surface area contributed by atoms with E-state index in [4.69, 9.17) is 5.73 Å². The van der Waals surface area contributed by atoms with Gasteiger partial charge in [0, 0.05) is 24.2 Å². The molecule has 8 nitrogen and oxygen atoms in total. The molecule has 1 unspecified atom stereocenters. The molecule has 0 amide bonds. The normalized spacial score (nSPS) is 12.6. The highest BCUT2D eigenvalue weighted by Crippen LogP contribution is 2.30. The number of nitrogens with zero attached hydrogens (tertiary/aromatic N) is 4. The number of pyridine rings is 1. The Morgan fingerprint density at radius 2 is 1.73 bits per heavy atom. The predicted molar refractivity (Wildman–Crippen MR) is 137 cm³/mol. The number of H-pyrrole nitrogens is 1. The number of rotatable bonds is 6. The molecule has 0 fully saturated rings. The van der Waals surface area contributed by atoms with E-state index in [-0.39, 0.29) is 28.9 Å². The lowest BCUT2D eigenvalue weighted by Gasteiger charge is -2.14. The maximum atomic E-state index is 14.7. The van der Waals surface area contributed by atoms with Crippen molar-refractivity contribution in [2.45, 2.75) is 58.2 Å². The van der Waals surface area contributed by atoms with Crippen molar-refractivity contribution in [2.24, 2.45) is 0 Å². The van der Waals surface area contributed by atoms with Gasteiger partial charge in [0.2, 0.25) is 0 Å². The van der Waals surface area contributed by atoms with Crippen LogP contribution >= 0.6 is 0 Å². The van der Waals surface area contributed by atoms with Crippen LogP contribution < -0.4 is 16.9 Å². The number of hydrogen-bond acceptors (Lipinski definition) is 6. The fraction of sp³-hybridized carbons (Fsp3) is 0.346. The first-order chi connectivity index (χ1) is 18.6. The molecule has 1 aromatic carbocycles. The summed E-state index contributed by atoms with van der Waals surface area (Å²) in [5, 5.41) is 5.40. The third-order valence-corrected chi connectivity index (χ3v) is 5.81. The van der Waals surface area contributed by atoms with Gasteiger partial charge in [0.05, 0.1) is 29.4 Å². The lowest BCUT2D eigenvalue weighted by molar-refractivity contribution is -0.138. The Balaban J connectivity index is 0.000000307. The van der Waals surface area contributed by atoms with Crippen molar-refractivity contribution in [3.8, 4) is 11.4 Å². The third-order valence-electron chi connectivity index (χ3n) is 5.81. The largest absolute Gasteiger partial charge is 0.423 e. The Morgan fingerprint density at radius 3 is 2.25 bits per heavy atom. The van der Waals surface area contributed by atoms with E-state index in [1.165, 1.54) is 43.1 Å². The summed E-state index contributed by atoms with van der Waals surface area (Å²) in [6.45, 7) is 4.58. The Kier molecular flexibility index (Phi) is 9.00. The fourth-order valence-corrected chi connectivity index (χ4v) is 3.72. The van der Waals surface area contributed by atoms with Crippen molar-refractivity contribution < 1.29 is 26.3 Å². The average molecular weight is 569 g/mol. The SMILES string of the molecule is CCCC(F)Cn1ccc2cc(-c3ncc(C(C)(C)F)cn3)c(F)cc2c1=O.Nc1cn[nH]c(=O)c1C(F)(F)F. The number of nitrogens with one attached hydrogen (secondary N) is 1. The quantitative estimate of drug-likeness (QED) is 0.304. The molecule has 0 saturated carbocycles. The Labute approximate surface area is 223 Å². The van der Waals surface area contributed by atoms with Gasteiger partial charge < -0.3 is 10.3 Å². The molecule has 0 aliphatic carbocycles. The minimum Gasteiger partial charge on any atom is -0.397 e. The van der Waals surface area contributed by atoms with Gasteiger partial charge in [-0.3, -0.25) is 9.59 Å². The second-order valence-electron chi connectivity index (χ2n) is 9.37. The van der Waals surface area contributed by atoms with Crippen LogP contribution in [0.4, 0.5) is 32.0 Å². The minimum atomic E-state index is -4.74. The van der Waals surface area contributed by atoms with Gasteiger partial charge in [-0.15, -0.1) is 0 Å². The second-order valence-corrected chi connectivity index (χ2v) is 9.37. The molecule has 14 heteroatoms. The van der Waals surface area contributed by atoms with Gasteiger partial charge in [0.1, 0.15) is 23.2 Å². The molecule has 40 heavy (non-hydrogen) atoms. The molecule has 0 spiro atoms. The van der Waals surface area contributed by atoms with E-state index in [9.17, 15) is 35.9 Å². The number of aromatic nitrogens is 5. The molecular weight excluding hydrogens is 542 g/mol. The summed E-state index contributed by atoms with van der Waals surface area (Å²) in [5.74, 6) is -0.566. The lowest BCUT2D eigenvalue weighted by atomic mass is 10.0. The predicted octanol–water partition coefficient (Wildman–Crippen LogP) is 5.31. The summed E-state index contributed by atoms with van der Waals surface area (Å²) in [4.78, 5) is 31.3. The highest BCUT2D eigenvalue weighted by Gasteiger charge is 2.36. The van der Waals surface area contributed by atoms with Crippen molar-refractivity contribution in [3.05, 3.63) is 80.6 Å². The lowest BCUT2D eigenvalue weighted by Crippen LogP contribution is -2.24. The van der Waals surface area contributed by atoms with Crippen molar-refractivity contribution >= 4 is 16.5 Å². The van der Waals surface area contributed by atoms with Gasteiger partial charge >= 0.3 is 6.18 Å². The second kappa shape index (κ2) is 11.9. The number of nitrogens with two attached hydrogens (primary N) is 1. The maximum absolute atomic E-state index is 14.7. The first kappa shape index (κ1) is 30.3. The monoisotopic (exact) mass is 568 g/mol. The Hall–Kier alpha value is -4.23. The molecule has 0 aliphatic heterocycles. The van der Waals surface area contributed by atoms with Gasteiger partial charge in [0.25, 0.3) is 11.1 Å². The van der Waals surface area contributed by atoms with E-state index < -0.39 is 46.2 Å². The van der Waals surface area contributed by atoms with E-state index in [0.717, 1.165) is 12.3 Å². The van der Waals surface area contributed by atoms with Crippen LogP contribution in [-0.4, -0.2) is 30.9 Å². The number of halogens is 6. The van der Waals surface area contributed by atoms with Crippen LogP contribution in [0.2, 0.25) is 0 Å². The summed E-state index contributed by atoms with van der Waals surface area (Å²) >= 11 is 0. The topological polar surface area (TPSA) is 120 Å². The smallest absolute Gasteiger partial charge is 0.397 e. The molecule has 0 radical (unpaired) electrons. The van der Waals surface area contributed by atoms with Crippen LogP contribution in [0.15, 0.2) is 52.6 Å². The van der Waals surface area contributed by atoms with Gasteiger partial charge in [-0.2, -0.15) is 18.3 Å². The van der Waals surface area contributed by atoms with Crippen LogP contribution in [0, 0.1) is 5.82 Å². The number of hydrogen-bond donors (Lipinski definition) is 2. The Morgan fingerprint density at radius 1 is 1.07 bits per heavy atom. The standard InChI is InChI=1S/C21H22F3N3O.C5H4F3N3O/c1-4-5-15(22)12-27-7-6-13-8-17(18(23)9-16(13)20(27)28)19-25-10-14(11-26-19)21(2,3)24;6-5(7,8)3-2(9)1-10-11-4(3)12/h6-11,15H,4-5,12H2,1-3H3;1H,(H3,9,11,12). The molecule has 3 heterocycles. The van der Waals surface area contributed by atoms with E-state index in [1.54, 1.807) is 11.2 Å². The van der Waals surface area contributed by atoms with Gasteiger partial charge in [-0.05, 0) is 43.9 Å². The fourth-order valence-electron chi connectivity index (χ4n) is 3.72. The zero-order chi connectivity index (χ0) is 29.8. The molecule has 0 bridgehead atoms. The van der Waals surface area contributed by atoms with E-state index in [1.807, 2.05) is 6.92 Å². The molecule has 3 aromatic heterocycles. The number of alkyl halides is 5. The highest BCUT2D eigenvalue weighted by molar-refractivity contribution is 5.86. The zero-order valence-corrected chi connectivity index (χ0v) is 21.7. The van der Waals surface area contributed by atoms with E-state index in [2.05, 4.69) is 15.1 Å². The molecular formula is C26H26F6N6O2. The highest BCUT2D eigenvalue weighted by atomic mass is 19.4. The van der Waals surface area contributed by atoms with E-state index >= 15 is 0 Å². The van der Waals surface area contributed by atoms with Crippen LogP contribution in [0.1, 0.15) is 44.7 Å². The van der Waals surface area contributed by atoms with Gasteiger partial charge in [0.15, 0.2) is 5.82 Å². The summed E-state index contributed by atoms with van der Waals surface area (Å²) in [5.41, 5.74) is -0.154. The van der Waals surface area contributed by atoms with Crippen LogP contribution in [0.5, 0.6) is 0 Å². The number of aromatic amines is 1. The average Bonchev–Trinajstić information content (AvgIpc) is 2.85. The van der Waals surface area contributed by atoms with Crippen molar-refractivity contribution in [2.75, 3.05) is 5.73 Å². The summed E-state index contributed by atoms with van der Waals surface area (Å²) < 4.78 is 79.7. The van der Waals surface area contributed by atoms with Crippen LogP contribution in [-0.2, 0) is 18.4 Å². The zero-order valence-electron chi connectivity index (χ0n) is 21.7. The molecule has 0 saturated heterocycles. The first-order valence-electron chi connectivity index (χ1n) is 12.0. The number of fused-ring (bicyclic) bond motifs is 1. The summed E-state index contributed by atoms with van der Waals surface area (Å²) in [6, 6.07) is 4.23. The van der Waals surface area contributed by atoms with Crippen LogP contribution in [0.3, 0.4) is 0 Å². The number of nitrogen functional groups attached to an aromatic ring is 1. The molecule has 4 aromatic rings. The van der Waals surface area contributed by atoms with E-state index in [0.29, 0.717) is 18.2 Å². The number of benzene rings is 1. The summed E-state index contributed by atoms with van der Waals surface area (Å²) in [6.07, 6.45) is 0.0595.